The molecule has 124 valence electrons. The van der Waals surface area contributed by atoms with E-state index in [1.54, 1.807) is 28.9 Å². The number of nitrogens with zero attached hydrogens (tertiary/aromatic N) is 5. The molecule has 3 heterocycles. The van der Waals surface area contributed by atoms with E-state index >= 15 is 0 Å². The fourth-order valence-corrected chi connectivity index (χ4v) is 2.78. The van der Waals surface area contributed by atoms with Crippen LogP contribution in [-0.2, 0) is 7.05 Å². The van der Waals surface area contributed by atoms with Gasteiger partial charge >= 0.3 is 6.03 Å². The van der Waals surface area contributed by atoms with Crippen molar-refractivity contribution in [3.8, 4) is 0 Å². The van der Waals surface area contributed by atoms with E-state index in [9.17, 15) is 4.79 Å². The number of aromatic nitrogens is 3. The molecule has 1 saturated heterocycles. The Kier molecular flexibility index (Phi) is 3.56. The largest absolute Gasteiger partial charge is 0.423 e. The number of hydrogen-bond donors (Lipinski definition) is 1. The van der Waals surface area contributed by atoms with Crippen molar-refractivity contribution in [1.82, 2.24) is 19.7 Å². The van der Waals surface area contributed by atoms with Gasteiger partial charge in [-0.05, 0) is 12.1 Å². The van der Waals surface area contributed by atoms with Crippen LogP contribution in [0, 0.1) is 0 Å². The molecule has 1 N–H and O–H groups in total. The Labute approximate surface area is 138 Å². The van der Waals surface area contributed by atoms with Crippen LogP contribution in [0.5, 0.6) is 0 Å². The Hall–Kier alpha value is -3.03. The summed E-state index contributed by atoms with van der Waals surface area (Å²) in [6, 6.07) is 9.97. The lowest BCUT2D eigenvalue weighted by Gasteiger charge is -2.33. The third-order valence-corrected chi connectivity index (χ3v) is 4.18. The number of anilines is 2. The van der Waals surface area contributed by atoms with Crippen molar-refractivity contribution in [3.63, 3.8) is 0 Å². The summed E-state index contributed by atoms with van der Waals surface area (Å²) in [5.74, 6) is 0.682. The van der Waals surface area contributed by atoms with Crippen molar-refractivity contribution in [2.75, 3.05) is 36.4 Å². The molecule has 2 aromatic heterocycles. The summed E-state index contributed by atoms with van der Waals surface area (Å²) in [7, 11) is 1.79. The van der Waals surface area contributed by atoms with E-state index in [0.29, 0.717) is 38.0 Å². The standard InChI is InChI=1S/C16H18N6O2/c1-20-14(6-7-17-20)19-15(23)21-8-10-22(11-9-21)16-18-12-4-2-3-5-13(12)24-16/h2-7H,8-11H2,1H3,(H,19,23). The molecule has 1 aliphatic rings. The Balaban J connectivity index is 1.39. The zero-order valence-electron chi connectivity index (χ0n) is 13.3. The zero-order chi connectivity index (χ0) is 16.5. The lowest BCUT2D eigenvalue weighted by molar-refractivity contribution is 0.207. The second-order valence-electron chi connectivity index (χ2n) is 5.71. The highest BCUT2D eigenvalue weighted by atomic mass is 16.4. The number of urea groups is 1. The molecule has 0 unspecified atom stereocenters. The maximum absolute atomic E-state index is 12.3. The van der Waals surface area contributed by atoms with Gasteiger partial charge in [-0.15, -0.1) is 0 Å². The number of para-hydroxylation sites is 2. The van der Waals surface area contributed by atoms with Crippen LogP contribution in [0.3, 0.4) is 0 Å². The number of carbonyl (C=O) groups is 1. The molecule has 0 bridgehead atoms. The van der Waals surface area contributed by atoms with E-state index in [-0.39, 0.29) is 6.03 Å². The quantitative estimate of drug-likeness (QED) is 0.778. The average molecular weight is 326 g/mol. The second kappa shape index (κ2) is 5.88. The molecule has 2 amide bonds. The molecular formula is C16H18N6O2. The summed E-state index contributed by atoms with van der Waals surface area (Å²) in [6.45, 7) is 2.60. The van der Waals surface area contributed by atoms with Crippen molar-refractivity contribution in [2.45, 2.75) is 0 Å². The van der Waals surface area contributed by atoms with Crippen molar-refractivity contribution >= 4 is 29.0 Å². The first kappa shape index (κ1) is 14.6. The summed E-state index contributed by atoms with van der Waals surface area (Å²) in [5.41, 5.74) is 1.63. The molecule has 0 saturated carbocycles. The molecule has 3 aromatic rings. The number of fused-ring (bicyclic) bond motifs is 1. The Morgan fingerprint density at radius 2 is 1.96 bits per heavy atom. The van der Waals surface area contributed by atoms with Crippen LogP contribution in [0.15, 0.2) is 40.9 Å². The molecule has 1 fully saturated rings. The van der Waals surface area contributed by atoms with Gasteiger partial charge in [0, 0.05) is 39.3 Å². The predicted molar refractivity (Wildman–Crippen MR) is 90.0 cm³/mol. The summed E-state index contributed by atoms with van der Waals surface area (Å²) >= 11 is 0. The fourth-order valence-electron chi connectivity index (χ4n) is 2.78. The first-order valence-electron chi connectivity index (χ1n) is 7.85. The molecule has 0 aliphatic carbocycles. The number of oxazole rings is 1. The van der Waals surface area contributed by atoms with Gasteiger partial charge in [-0.3, -0.25) is 10.00 Å². The normalized spacial score (nSPS) is 15.0. The average Bonchev–Trinajstić information content (AvgIpc) is 3.21. The first-order chi connectivity index (χ1) is 11.7. The van der Waals surface area contributed by atoms with Gasteiger partial charge in [-0.1, -0.05) is 12.1 Å². The minimum Gasteiger partial charge on any atom is -0.423 e. The lowest BCUT2D eigenvalue weighted by atomic mass is 10.3. The maximum Gasteiger partial charge on any atom is 0.323 e. The van der Waals surface area contributed by atoms with Crippen molar-refractivity contribution in [1.29, 1.82) is 0 Å². The molecule has 0 atom stereocenters. The Bertz CT molecular complexity index is 829. The molecule has 1 aromatic carbocycles. The minimum absolute atomic E-state index is 0.115. The van der Waals surface area contributed by atoms with E-state index in [2.05, 4.69) is 20.3 Å². The Morgan fingerprint density at radius 3 is 2.67 bits per heavy atom. The summed E-state index contributed by atoms with van der Waals surface area (Å²) < 4.78 is 7.42. The van der Waals surface area contributed by atoms with Gasteiger partial charge in [0.15, 0.2) is 5.58 Å². The van der Waals surface area contributed by atoms with Crippen LogP contribution >= 0.6 is 0 Å². The molecule has 8 nitrogen and oxygen atoms in total. The number of amides is 2. The van der Waals surface area contributed by atoms with Crippen LogP contribution in [-0.4, -0.2) is 51.9 Å². The summed E-state index contributed by atoms with van der Waals surface area (Å²) in [4.78, 5) is 20.7. The Morgan fingerprint density at radius 1 is 1.17 bits per heavy atom. The molecule has 4 rings (SSSR count). The fraction of sp³-hybridized carbons (Fsp3) is 0.312. The number of carbonyl (C=O) groups excluding carboxylic acids is 1. The topological polar surface area (TPSA) is 79.4 Å². The molecule has 0 spiro atoms. The highest BCUT2D eigenvalue weighted by Gasteiger charge is 2.24. The van der Waals surface area contributed by atoms with E-state index in [0.717, 1.165) is 11.1 Å². The van der Waals surface area contributed by atoms with Gasteiger partial charge in [0.1, 0.15) is 11.3 Å². The van der Waals surface area contributed by atoms with Crippen LogP contribution in [0.25, 0.3) is 11.1 Å². The highest BCUT2D eigenvalue weighted by molar-refractivity contribution is 5.88. The van der Waals surface area contributed by atoms with Gasteiger partial charge in [0.2, 0.25) is 0 Å². The van der Waals surface area contributed by atoms with Gasteiger partial charge < -0.3 is 14.2 Å². The molecule has 8 heteroatoms. The second-order valence-corrected chi connectivity index (χ2v) is 5.71. The number of piperazine rings is 1. The lowest BCUT2D eigenvalue weighted by Crippen LogP contribution is -2.50. The maximum atomic E-state index is 12.3. The van der Waals surface area contributed by atoms with Crippen LogP contribution in [0.2, 0.25) is 0 Å². The number of nitrogens with one attached hydrogen (secondary N) is 1. The number of aryl methyl sites for hydroxylation is 1. The first-order valence-corrected chi connectivity index (χ1v) is 7.85. The van der Waals surface area contributed by atoms with Crippen molar-refractivity contribution in [3.05, 3.63) is 36.5 Å². The highest BCUT2D eigenvalue weighted by Crippen LogP contribution is 2.22. The molecular weight excluding hydrogens is 308 g/mol. The van der Waals surface area contributed by atoms with Crippen molar-refractivity contribution in [2.24, 2.45) is 7.05 Å². The van der Waals surface area contributed by atoms with Gasteiger partial charge in [0.25, 0.3) is 6.01 Å². The van der Waals surface area contributed by atoms with Gasteiger partial charge in [-0.2, -0.15) is 10.1 Å². The predicted octanol–water partition coefficient (Wildman–Crippen LogP) is 1.92. The molecule has 1 aliphatic heterocycles. The SMILES string of the molecule is Cn1nccc1NC(=O)N1CCN(c2nc3ccccc3o2)CC1. The monoisotopic (exact) mass is 326 g/mol. The summed E-state index contributed by atoms with van der Waals surface area (Å²) in [6.07, 6.45) is 1.65. The van der Waals surface area contributed by atoms with Crippen LogP contribution < -0.4 is 10.2 Å². The van der Waals surface area contributed by atoms with E-state index in [1.807, 2.05) is 24.3 Å². The number of hydrogen-bond acceptors (Lipinski definition) is 5. The molecule has 24 heavy (non-hydrogen) atoms. The van der Waals surface area contributed by atoms with Gasteiger partial charge in [-0.25, -0.2) is 4.79 Å². The van der Waals surface area contributed by atoms with E-state index < -0.39 is 0 Å². The third kappa shape index (κ3) is 2.66. The van der Waals surface area contributed by atoms with Gasteiger partial charge in [0.05, 0.1) is 6.20 Å². The smallest absolute Gasteiger partial charge is 0.323 e. The van der Waals surface area contributed by atoms with Crippen LogP contribution in [0.1, 0.15) is 0 Å². The number of benzene rings is 1. The molecule has 0 radical (unpaired) electrons. The zero-order valence-corrected chi connectivity index (χ0v) is 13.3. The third-order valence-electron chi connectivity index (χ3n) is 4.18. The summed E-state index contributed by atoms with van der Waals surface area (Å²) in [5, 5.41) is 6.91. The van der Waals surface area contributed by atoms with E-state index in [1.165, 1.54) is 0 Å². The number of rotatable bonds is 2. The van der Waals surface area contributed by atoms with Crippen LogP contribution in [0.4, 0.5) is 16.6 Å². The van der Waals surface area contributed by atoms with Crippen molar-refractivity contribution < 1.29 is 9.21 Å². The minimum atomic E-state index is -0.115. The van der Waals surface area contributed by atoms with E-state index in [4.69, 9.17) is 4.42 Å².